The van der Waals surface area contributed by atoms with E-state index in [9.17, 15) is 29.1 Å². The number of carbonyl (C=O) groups is 5. The normalized spacial score (nSPS) is 14.0. The summed E-state index contributed by atoms with van der Waals surface area (Å²) in [5.74, 6) is -4.13. The number of nitrogens with one attached hydrogen (secondary N) is 4. The number of carboxylic acids is 1. The summed E-state index contributed by atoms with van der Waals surface area (Å²) in [4.78, 5) is 68.2. The van der Waals surface area contributed by atoms with Gasteiger partial charge in [0, 0.05) is 36.9 Å². The van der Waals surface area contributed by atoms with E-state index in [1.165, 1.54) is 12.5 Å². The Morgan fingerprint density at radius 3 is 2.08 bits per heavy atom. The fourth-order valence-corrected chi connectivity index (χ4v) is 3.50. The van der Waals surface area contributed by atoms with Crippen LogP contribution >= 0.6 is 12.6 Å². The van der Waals surface area contributed by atoms with Gasteiger partial charge in [-0.25, -0.2) is 9.78 Å². The number of H-pyrrole nitrogens is 1. The van der Waals surface area contributed by atoms with Crippen molar-refractivity contribution in [3.05, 3.63) is 54.1 Å². The van der Waals surface area contributed by atoms with Gasteiger partial charge in [-0.2, -0.15) is 12.6 Å². The van der Waals surface area contributed by atoms with Crippen LogP contribution in [0.3, 0.4) is 0 Å². The van der Waals surface area contributed by atoms with Crippen LogP contribution in [0, 0.1) is 0 Å². The highest BCUT2D eigenvalue weighted by Gasteiger charge is 2.31. The molecule has 2 rings (SSSR count). The number of aromatic nitrogens is 2. The molecule has 37 heavy (non-hydrogen) atoms. The molecular weight excluding hydrogens is 502 g/mol. The molecule has 4 atom stereocenters. The van der Waals surface area contributed by atoms with Crippen LogP contribution in [0.4, 0.5) is 0 Å². The molecule has 4 unspecified atom stereocenters. The lowest BCUT2D eigenvalue weighted by atomic mass is 10.0. The number of amides is 4. The molecular formula is C23H31N7O6S. The first kappa shape index (κ1) is 29.3. The van der Waals surface area contributed by atoms with E-state index in [1.54, 1.807) is 30.3 Å². The molecule has 13 nitrogen and oxygen atoms in total. The molecule has 0 aliphatic rings. The molecule has 200 valence electrons. The highest BCUT2D eigenvalue weighted by Crippen LogP contribution is 2.07. The van der Waals surface area contributed by atoms with E-state index < -0.39 is 53.8 Å². The van der Waals surface area contributed by atoms with E-state index >= 15 is 0 Å². The average molecular weight is 534 g/mol. The standard InChI is InChI=1S/C23H31N7O6S/c24-15(11-37)20(32)29-17(8-13-4-2-1-3-5-13)21(33)30-18(9-14-10-26-12-27-14)22(34)28-16(23(35)36)6-7-19(25)31/h1-5,10,12,15-18,37H,6-9,11,24H2,(H2,25,31)(H,26,27)(H,28,34)(H,29,32)(H,30,33)(H,35,36). The molecule has 0 aliphatic carbocycles. The Labute approximate surface area is 218 Å². The molecule has 0 saturated carbocycles. The Hall–Kier alpha value is -3.91. The summed E-state index contributed by atoms with van der Waals surface area (Å²) in [5.41, 5.74) is 12.1. The maximum atomic E-state index is 13.3. The maximum absolute atomic E-state index is 13.3. The molecule has 0 radical (unpaired) electrons. The van der Waals surface area contributed by atoms with Gasteiger partial charge in [0.05, 0.1) is 12.4 Å². The van der Waals surface area contributed by atoms with Gasteiger partial charge in [-0.1, -0.05) is 30.3 Å². The number of rotatable bonds is 15. The second-order valence-electron chi connectivity index (χ2n) is 8.29. The molecule has 1 aromatic heterocycles. The third-order valence-corrected chi connectivity index (χ3v) is 5.75. The number of hydrogen-bond acceptors (Lipinski definition) is 8. The molecule has 1 heterocycles. The zero-order valence-corrected chi connectivity index (χ0v) is 20.8. The zero-order valence-electron chi connectivity index (χ0n) is 19.9. The molecule has 9 N–H and O–H groups in total. The Balaban J connectivity index is 2.25. The Kier molecular flexibility index (Phi) is 11.6. The van der Waals surface area contributed by atoms with Crippen molar-refractivity contribution in [1.29, 1.82) is 0 Å². The molecule has 0 fully saturated rings. The maximum Gasteiger partial charge on any atom is 0.326 e. The number of hydrogen-bond donors (Lipinski definition) is 8. The molecule has 14 heteroatoms. The summed E-state index contributed by atoms with van der Waals surface area (Å²) in [7, 11) is 0. The van der Waals surface area contributed by atoms with Gasteiger partial charge < -0.3 is 37.5 Å². The number of nitrogens with two attached hydrogens (primary N) is 2. The van der Waals surface area contributed by atoms with Gasteiger partial charge in [0.1, 0.15) is 18.1 Å². The van der Waals surface area contributed by atoms with Crippen LogP contribution in [-0.4, -0.2) is 74.6 Å². The van der Waals surface area contributed by atoms with Crippen molar-refractivity contribution >= 4 is 42.2 Å². The Bertz CT molecular complexity index is 1070. The van der Waals surface area contributed by atoms with Gasteiger partial charge in [-0.3, -0.25) is 19.2 Å². The van der Waals surface area contributed by atoms with Gasteiger partial charge in [0.25, 0.3) is 0 Å². The number of carboxylic acid groups (broad SMARTS) is 1. The van der Waals surface area contributed by atoms with Crippen molar-refractivity contribution in [3.63, 3.8) is 0 Å². The minimum absolute atomic E-state index is 0.0537. The topological polar surface area (TPSA) is 222 Å². The smallest absolute Gasteiger partial charge is 0.326 e. The first-order valence-corrected chi connectivity index (χ1v) is 12.0. The Morgan fingerprint density at radius 1 is 0.946 bits per heavy atom. The van der Waals surface area contributed by atoms with Crippen LogP contribution in [0.15, 0.2) is 42.9 Å². The fourth-order valence-electron chi connectivity index (χ4n) is 3.33. The SMILES string of the molecule is NC(=O)CCC(NC(=O)C(Cc1cnc[nH]1)NC(=O)C(Cc1ccccc1)NC(=O)C(N)CS)C(=O)O. The van der Waals surface area contributed by atoms with Crippen molar-refractivity contribution in [1.82, 2.24) is 25.9 Å². The Morgan fingerprint density at radius 2 is 1.54 bits per heavy atom. The number of imidazole rings is 1. The number of thiol groups is 1. The second kappa shape index (κ2) is 14.6. The molecule has 0 spiro atoms. The van der Waals surface area contributed by atoms with Crippen LogP contribution in [0.1, 0.15) is 24.1 Å². The van der Waals surface area contributed by atoms with E-state index in [-0.39, 0.29) is 31.4 Å². The van der Waals surface area contributed by atoms with Crippen molar-refractivity contribution < 1.29 is 29.1 Å². The fraction of sp³-hybridized carbons (Fsp3) is 0.391. The van der Waals surface area contributed by atoms with E-state index in [2.05, 4.69) is 38.5 Å². The monoisotopic (exact) mass is 533 g/mol. The predicted octanol–water partition coefficient (Wildman–Crippen LogP) is -1.74. The summed E-state index contributed by atoms with van der Waals surface area (Å²) < 4.78 is 0. The first-order chi connectivity index (χ1) is 17.6. The van der Waals surface area contributed by atoms with E-state index in [0.29, 0.717) is 5.69 Å². The van der Waals surface area contributed by atoms with Crippen molar-refractivity contribution in [2.24, 2.45) is 11.5 Å². The number of aromatic amines is 1. The molecule has 1 aromatic carbocycles. The largest absolute Gasteiger partial charge is 0.480 e. The molecule has 0 saturated heterocycles. The van der Waals surface area contributed by atoms with E-state index in [4.69, 9.17) is 11.5 Å². The summed E-state index contributed by atoms with van der Waals surface area (Å²) in [6.07, 6.45) is 2.40. The predicted molar refractivity (Wildman–Crippen MR) is 136 cm³/mol. The van der Waals surface area contributed by atoms with Gasteiger partial charge in [-0.15, -0.1) is 0 Å². The average Bonchev–Trinajstić information content (AvgIpc) is 3.38. The summed E-state index contributed by atoms with van der Waals surface area (Å²) in [6, 6.07) is 4.20. The second-order valence-corrected chi connectivity index (χ2v) is 8.65. The van der Waals surface area contributed by atoms with Crippen LogP contribution in [0.25, 0.3) is 0 Å². The molecule has 4 amide bonds. The minimum atomic E-state index is -1.41. The summed E-state index contributed by atoms with van der Waals surface area (Å²) in [5, 5.41) is 17.0. The van der Waals surface area contributed by atoms with Crippen LogP contribution in [0.2, 0.25) is 0 Å². The van der Waals surface area contributed by atoms with Crippen molar-refractivity contribution in [2.75, 3.05) is 5.75 Å². The summed E-state index contributed by atoms with van der Waals surface area (Å²) >= 11 is 4.01. The van der Waals surface area contributed by atoms with Gasteiger partial charge >= 0.3 is 5.97 Å². The third-order valence-electron chi connectivity index (χ3n) is 5.35. The number of carbonyl (C=O) groups excluding carboxylic acids is 4. The number of primary amides is 1. The van der Waals surface area contributed by atoms with Crippen molar-refractivity contribution in [2.45, 2.75) is 49.9 Å². The zero-order chi connectivity index (χ0) is 27.4. The highest BCUT2D eigenvalue weighted by molar-refractivity contribution is 7.80. The quantitative estimate of drug-likeness (QED) is 0.122. The lowest BCUT2D eigenvalue weighted by molar-refractivity contribution is -0.142. The number of benzene rings is 1. The van der Waals surface area contributed by atoms with Crippen LogP contribution in [-0.2, 0) is 36.8 Å². The molecule has 2 aromatic rings. The highest BCUT2D eigenvalue weighted by atomic mass is 32.1. The van der Waals surface area contributed by atoms with Gasteiger partial charge in [0.2, 0.25) is 23.6 Å². The van der Waals surface area contributed by atoms with Crippen LogP contribution in [0.5, 0.6) is 0 Å². The third kappa shape index (κ3) is 9.93. The van der Waals surface area contributed by atoms with E-state index in [0.717, 1.165) is 5.56 Å². The number of nitrogens with zero attached hydrogens (tertiary/aromatic N) is 1. The summed E-state index contributed by atoms with van der Waals surface area (Å²) in [6.45, 7) is 0. The van der Waals surface area contributed by atoms with E-state index in [1.807, 2.05) is 0 Å². The minimum Gasteiger partial charge on any atom is -0.480 e. The lowest BCUT2D eigenvalue weighted by Gasteiger charge is -2.25. The number of aliphatic carboxylic acids is 1. The first-order valence-electron chi connectivity index (χ1n) is 11.4. The van der Waals surface area contributed by atoms with Crippen molar-refractivity contribution in [3.8, 4) is 0 Å². The van der Waals surface area contributed by atoms with Crippen LogP contribution < -0.4 is 27.4 Å². The molecule has 0 bridgehead atoms. The lowest BCUT2D eigenvalue weighted by Crippen LogP contribution is -2.58. The van der Waals surface area contributed by atoms with Gasteiger partial charge in [-0.05, 0) is 12.0 Å². The molecule has 0 aliphatic heterocycles. The van der Waals surface area contributed by atoms with Gasteiger partial charge in [0.15, 0.2) is 0 Å².